The Balaban J connectivity index is 0.00000871. The molecule has 5 rings (SSSR count). The van der Waals surface area contributed by atoms with Crippen molar-refractivity contribution in [3.05, 3.63) is 69.3 Å². The molecule has 0 radical (unpaired) electrons. The number of hydrogen-bond acceptors (Lipinski definition) is 10. The van der Waals surface area contributed by atoms with Crippen LogP contribution in [0.25, 0.3) is 22.1 Å². The maximum absolute atomic E-state index is 12.6. The monoisotopic (exact) mass is 916 g/mol. The van der Waals surface area contributed by atoms with Crippen LogP contribution in [0.1, 0.15) is 122 Å². The molecule has 0 aromatic carbocycles. The van der Waals surface area contributed by atoms with Gasteiger partial charge in [0.15, 0.2) is 0 Å². The minimum Gasteiger partial charge on any atom is -0.657 e. The van der Waals surface area contributed by atoms with Crippen LogP contribution in [-0.2, 0) is 91.9 Å². The standard InChI is InChI=1S/C42H46N4O16.Fe/c1-41(17-39(59)60)23(5-9-35(51)52)29-14-27-21(11-37(55)56)19(3-7-33(47)48)25(43-27)13-26-20(4-8-34(49)50)22(12-38(57)58)28(44-26)15-31-42(2,18-40(61)62)24(6-10-36(53)54)30(46-31)16-32(41)45-29;/h13-16,23-24H,3-12,17-18H2,1-2H3,(H10,43,44,45,46,47,48,49,50,51,52,53,54,55,56,57,58,59,60,61,62);/q;+2/p-2/t23-,24-,41+,42+;/m1./s1. The van der Waals surface area contributed by atoms with Crippen molar-refractivity contribution in [1.29, 1.82) is 0 Å². The van der Waals surface area contributed by atoms with E-state index in [4.69, 9.17) is 19.9 Å². The van der Waals surface area contributed by atoms with E-state index in [1.807, 2.05) is 0 Å². The summed E-state index contributed by atoms with van der Waals surface area (Å²) in [5.41, 5.74) is -2.57. The Morgan fingerprint density at radius 2 is 0.825 bits per heavy atom. The van der Waals surface area contributed by atoms with Gasteiger partial charge in [0.2, 0.25) is 0 Å². The molecule has 0 aliphatic carbocycles. The van der Waals surface area contributed by atoms with Crippen LogP contribution in [-0.4, -0.2) is 98.6 Å². The molecule has 8 bridgehead atoms. The molecule has 8 N–H and O–H groups in total. The summed E-state index contributed by atoms with van der Waals surface area (Å²) in [5.74, 6) is -12.2. The van der Waals surface area contributed by atoms with E-state index in [9.17, 15) is 79.2 Å². The normalized spacial score (nSPS) is 19.1. The van der Waals surface area contributed by atoms with E-state index in [-0.39, 0.29) is 110 Å². The summed E-state index contributed by atoms with van der Waals surface area (Å²) in [4.78, 5) is 117. The van der Waals surface area contributed by atoms with Gasteiger partial charge in [-0.05, 0) is 42.9 Å². The Hall–Kier alpha value is -6.60. The zero-order valence-electron chi connectivity index (χ0n) is 33.9. The number of hydrogen-bond donors (Lipinski definition) is 8. The quantitative estimate of drug-likeness (QED) is 0.0750. The number of rotatable bonds is 20. The van der Waals surface area contributed by atoms with Crippen LogP contribution in [0.4, 0.5) is 0 Å². The summed E-state index contributed by atoms with van der Waals surface area (Å²) in [7, 11) is 0. The number of carboxylic acids is 8. The Bertz CT molecular complexity index is 2550. The average molecular weight is 917 g/mol. The van der Waals surface area contributed by atoms with Gasteiger partial charge in [-0.1, -0.05) is 43.2 Å². The van der Waals surface area contributed by atoms with Gasteiger partial charge in [-0.15, -0.1) is 22.1 Å². The molecule has 63 heavy (non-hydrogen) atoms. The van der Waals surface area contributed by atoms with Gasteiger partial charge in [-0.3, -0.25) is 48.3 Å². The summed E-state index contributed by atoms with van der Waals surface area (Å²) in [6, 6.07) is 5.44. The van der Waals surface area contributed by atoms with Crippen molar-refractivity contribution in [1.82, 2.24) is 19.9 Å². The molecule has 336 valence electrons. The second kappa shape index (κ2) is 19.6. The van der Waals surface area contributed by atoms with Crippen molar-refractivity contribution in [3.8, 4) is 0 Å². The van der Waals surface area contributed by atoms with Crippen LogP contribution in [0.3, 0.4) is 0 Å². The van der Waals surface area contributed by atoms with Crippen LogP contribution < -0.4 is 9.97 Å². The number of carboxylic acid groups (broad SMARTS) is 8. The molecule has 0 unspecified atom stereocenters. The zero-order chi connectivity index (χ0) is 45.8. The molecule has 3 aromatic heterocycles. The van der Waals surface area contributed by atoms with Crippen LogP contribution in [0, 0.1) is 0 Å². The van der Waals surface area contributed by atoms with Crippen LogP contribution in [0.2, 0.25) is 0 Å². The smallest absolute Gasteiger partial charge is 0.657 e. The van der Waals surface area contributed by atoms with E-state index in [1.165, 1.54) is 38.1 Å². The molecule has 20 nitrogen and oxygen atoms in total. The van der Waals surface area contributed by atoms with E-state index in [2.05, 4.69) is 0 Å². The molecule has 0 saturated heterocycles. The van der Waals surface area contributed by atoms with E-state index in [0.717, 1.165) is 0 Å². The van der Waals surface area contributed by atoms with Crippen molar-refractivity contribution < 1.29 is 96.3 Å². The van der Waals surface area contributed by atoms with Crippen molar-refractivity contribution >= 4 is 69.8 Å². The molecule has 3 aromatic rings. The van der Waals surface area contributed by atoms with Gasteiger partial charge >= 0.3 is 64.8 Å². The van der Waals surface area contributed by atoms with Gasteiger partial charge in [-0.25, -0.2) is 0 Å². The maximum Gasteiger partial charge on any atom is 2.00 e. The van der Waals surface area contributed by atoms with E-state index in [1.54, 1.807) is 0 Å². The third-order valence-electron chi connectivity index (χ3n) is 11.6. The van der Waals surface area contributed by atoms with Crippen LogP contribution >= 0.6 is 0 Å². The number of carbonyl (C=O) groups is 8. The second-order valence-corrected chi connectivity index (χ2v) is 16.0. The van der Waals surface area contributed by atoms with E-state index in [0.29, 0.717) is 0 Å². The Morgan fingerprint density at radius 1 is 0.476 bits per heavy atom. The van der Waals surface area contributed by atoms with Crippen molar-refractivity contribution in [2.75, 3.05) is 0 Å². The first-order valence-corrected chi connectivity index (χ1v) is 19.4. The third-order valence-corrected chi connectivity index (χ3v) is 11.6. The van der Waals surface area contributed by atoms with E-state index < -0.39 is 122 Å². The Morgan fingerprint density at radius 3 is 1.19 bits per heavy atom. The molecule has 0 saturated carbocycles. The summed E-state index contributed by atoms with van der Waals surface area (Å²) in [6.07, 6.45) is -5.51. The molecule has 5 heterocycles. The average Bonchev–Trinajstić information content (AvgIpc) is 3.77. The predicted molar refractivity (Wildman–Crippen MR) is 212 cm³/mol. The van der Waals surface area contributed by atoms with Gasteiger partial charge in [0.1, 0.15) is 0 Å². The summed E-state index contributed by atoms with van der Waals surface area (Å²) in [6.45, 7) is 3.06. The topological polar surface area (TPSA) is 352 Å². The van der Waals surface area contributed by atoms with Crippen LogP contribution in [0.15, 0.2) is 24.3 Å². The van der Waals surface area contributed by atoms with Gasteiger partial charge in [0.25, 0.3) is 0 Å². The fourth-order valence-corrected chi connectivity index (χ4v) is 8.77. The zero-order valence-corrected chi connectivity index (χ0v) is 35.0. The van der Waals surface area contributed by atoms with Gasteiger partial charge in [0.05, 0.1) is 25.7 Å². The minimum absolute atomic E-state index is 0. The maximum atomic E-state index is 12.6. The number of fused-ring (bicyclic) bond motifs is 8. The number of aromatic nitrogens is 4. The largest absolute Gasteiger partial charge is 2.00 e. The molecule has 4 atom stereocenters. The Kier molecular flexibility index (Phi) is 15.3. The molecule has 21 heteroatoms. The summed E-state index contributed by atoms with van der Waals surface area (Å²) in [5, 5.41) is 79.6. The minimum atomic E-state index is -1.52. The van der Waals surface area contributed by atoms with Gasteiger partial charge in [-0.2, -0.15) is 0 Å². The molecular formula is C42H44FeN4O16. The molecule has 2 aliphatic heterocycles. The number of nitrogens with zero attached hydrogens (tertiary/aromatic N) is 4. The molecule has 0 spiro atoms. The van der Waals surface area contributed by atoms with Crippen molar-refractivity contribution in [3.63, 3.8) is 0 Å². The van der Waals surface area contributed by atoms with Gasteiger partial charge in [0, 0.05) is 71.1 Å². The second-order valence-electron chi connectivity index (χ2n) is 16.0. The predicted octanol–water partition coefficient (Wildman–Crippen LogP) is 3.62. The molecule has 2 aliphatic rings. The summed E-state index contributed by atoms with van der Waals surface area (Å²) < 4.78 is 0. The first-order valence-electron chi connectivity index (χ1n) is 19.4. The first-order chi connectivity index (χ1) is 29.0. The number of aliphatic carboxylic acids is 8. The van der Waals surface area contributed by atoms with Gasteiger partial charge < -0.3 is 50.8 Å². The fraction of sp³-hybridized carbons (Fsp3) is 0.429. The molecule has 0 amide bonds. The molecular weight excluding hydrogens is 872 g/mol. The first kappa shape index (κ1) is 49.1. The van der Waals surface area contributed by atoms with E-state index >= 15 is 0 Å². The fourth-order valence-electron chi connectivity index (χ4n) is 8.77. The van der Waals surface area contributed by atoms with Crippen molar-refractivity contribution in [2.45, 2.75) is 114 Å². The summed E-state index contributed by atoms with van der Waals surface area (Å²) >= 11 is 0. The Labute approximate surface area is 367 Å². The van der Waals surface area contributed by atoms with Crippen LogP contribution in [0.5, 0.6) is 0 Å². The van der Waals surface area contributed by atoms with Crippen molar-refractivity contribution in [2.24, 2.45) is 0 Å². The molecule has 0 fully saturated rings. The third kappa shape index (κ3) is 11.1. The SMILES string of the molecule is C[C@@]1(CC(=O)O)c2cc3nc(cc4[n-]c(cc5[n-]c(cc(n2)[C@H]1CCC(=O)O)c(CC(=O)O)c5CCC(=O)O)c(CCC(=O)O)c4CC(=O)O)[C@@](C)(CC(=O)O)[C@@H]3CCC(=O)O.[Fe+2]. The number of aryl methyl sites for hydroxylation is 2.